The Hall–Kier alpha value is -2.40. The van der Waals surface area contributed by atoms with Gasteiger partial charge in [-0.1, -0.05) is 6.07 Å². The number of rotatable bonds is 8. The molecule has 0 aliphatic rings. The third kappa shape index (κ3) is 4.66. The van der Waals surface area contributed by atoms with Crippen LogP contribution in [0.5, 0.6) is 0 Å². The summed E-state index contributed by atoms with van der Waals surface area (Å²) in [6.45, 7) is 1.85. The molecule has 6 nitrogen and oxygen atoms in total. The molecule has 0 bridgehead atoms. The number of aromatic nitrogens is 3. The van der Waals surface area contributed by atoms with Gasteiger partial charge in [0.05, 0.1) is 11.9 Å². The van der Waals surface area contributed by atoms with E-state index in [1.807, 2.05) is 6.07 Å². The lowest BCUT2D eigenvalue weighted by Crippen LogP contribution is -2.28. The van der Waals surface area contributed by atoms with Crippen LogP contribution >= 0.6 is 23.2 Å². The first kappa shape index (κ1) is 19.4. The van der Waals surface area contributed by atoms with E-state index in [1.165, 1.54) is 22.8 Å². The van der Waals surface area contributed by atoms with Gasteiger partial charge in [0, 0.05) is 43.1 Å². The van der Waals surface area contributed by atoms with Crippen LogP contribution < -0.4 is 5.32 Å². The smallest absolute Gasteiger partial charge is 0.175 e. The van der Waals surface area contributed by atoms with Gasteiger partial charge in [-0.15, -0.1) is 23.2 Å². The van der Waals surface area contributed by atoms with Gasteiger partial charge in [0.1, 0.15) is 23.3 Å². The van der Waals surface area contributed by atoms with Gasteiger partial charge >= 0.3 is 0 Å². The summed E-state index contributed by atoms with van der Waals surface area (Å²) < 4.78 is 15.0. The van der Waals surface area contributed by atoms with Crippen LogP contribution in [0.15, 0.2) is 36.5 Å². The van der Waals surface area contributed by atoms with Crippen LogP contribution in [0.2, 0.25) is 0 Å². The number of halogens is 3. The fourth-order valence-corrected chi connectivity index (χ4v) is 3.19. The lowest BCUT2D eigenvalue weighted by atomic mass is 10.3. The quantitative estimate of drug-likeness (QED) is 0.576. The van der Waals surface area contributed by atoms with Gasteiger partial charge in [0.2, 0.25) is 0 Å². The van der Waals surface area contributed by atoms with E-state index in [4.69, 9.17) is 23.2 Å². The largest absolute Gasteiger partial charge is 0.340 e. The average Bonchev–Trinajstić information content (AvgIpc) is 3.05. The normalized spacial score (nSPS) is 11.1. The van der Waals surface area contributed by atoms with Crippen LogP contribution in [0.1, 0.15) is 11.3 Å². The van der Waals surface area contributed by atoms with Gasteiger partial charge in [0.15, 0.2) is 5.65 Å². The number of nitrogens with one attached hydrogen (secondary N) is 1. The summed E-state index contributed by atoms with van der Waals surface area (Å²) in [7, 11) is 0. The number of nitriles is 1. The van der Waals surface area contributed by atoms with E-state index >= 15 is 0 Å². The molecule has 0 saturated carbocycles. The topological polar surface area (TPSA) is 69.2 Å². The molecule has 0 saturated heterocycles. The van der Waals surface area contributed by atoms with E-state index in [9.17, 15) is 9.65 Å². The van der Waals surface area contributed by atoms with Crippen molar-refractivity contribution in [2.45, 2.75) is 6.54 Å². The standard InChI is InChI=1S/C18H17Cl2FN6/c19-4-6-26(7-5-20)12-16-9-17(24-15-3-1-2-14(21)8-15)27-18(25-16)13(10-22)11-23-27/h1-3,8-9,11,24H,4-7,12H2. The van der Waals surface area contributed by atoms with Crippen molar-refractivity contribution in [2.75, 3.05) is 30.2 Å². The van der Waals surface area contributed by atoms with Crippen molar-refractivity contribution in [1.82, 2.24) is 19.5 Å². The van der Waals surface area contributed by atoms with Crippen LogP contribution in [0.3, 0.4) is 0 Å². The molecule has 0 amide bonds. The van der Waals surface area contributed by atoms with Crippen LogP contribution in [0.25, 0.3) is 5.65 Å². The van der Waals surface area contributed by atoms with Crippen LogP contribution in [0.4, 0.5) is 15.9 Å². The minimum atomic E-state index is -0.348. The summed E-state index contributed by atoms with van der Waals surface area (Å²) in [5.41, 5.74) is 2.10. The Morgan fingerprint density at radius 2 is 2.00 bits per heavy atom. The van der Waals surface area contributed by atoms with E-state index < -0.39 is 0 Å². The molecule has 0 spiro atoms. The van der Waals surface area contributed by atoms with Crippen molar-refractivity contribution < 1.29 is 4.39 Å². The number of benzene rings is 1. The molecule has 2 heterocycles. The number of fused-ring (bicyclic) bond motifs is 1. The second kappa shape index (κ2) is 9.00. The van der Waals surface area contributed by atoms with Gasteiger partial charge in [-0.3, -0.25) is 4.90 Å². The predicted octanol–water partition coefficient (Wildman–Crippen LogP) is 3.76. The highest BCUT2D eigenvalue weighted by Gasteiger charge is 2.14. The molecule has 3 aromatic rings. The minimum Gasteiger partial charge on any atom is -0.340 e. The first-order valence-corrected chi connectivity index (χ1v) is 9.36. The van der Waals surface area contributed by atoms with Gasteiger partial charge < -0.3 is 5.32 Å². The fourth-order valence-electron chi connectivity index (χ4n) is 2.71. The Bertz CT molecular complexity index is 962. The van der Waals surface area contributed by atoms with Crippen LogP contribution in [-0.2, 0) is 6.54 Å². The highest BCUT2D eigenvalue weighted by Crippen LogP contribution is 2.21. The summed E-state index contributed by atoms with van der Waals surface area (Å²) in [5.74, 6) is 1.19. The second-order valence-corrected chi connectivity index (χ2v) is 6.58. The molecule has 0 atom stereocenters. The number of hydrogen-bond acceptors (Lipinski definition) is 5. The molecule has 140 valence electrons. The number of nitrogens with zero attached hydrogens (tertiary/aromatic N) is 5. The zero-order chi connectivity index (χ0) is 19.2. The van der Waals surface area contributed by atoms with Gasteiger partial charge in [-0.05, 0) is 18.2 Å². The number of anilines is 2. The van der Waals surface area contributed by atoms with Crippen molar-refractivity contribution in [1.29, 1.82) is 5.26 Å². The van der Waals surface area contributed by atoms with Crippen molar-refractivity contribution in [3.63, 3.8) is 0 Å². The molecule has 27 heavy (non-hydrogen) atoms. The van der Waals surface area contributed by atoms with Crippen molar-refractivity contribution in [3.8, 4) is 6.07 Å². The molecule has 0 radical (unpaired) electrons. The fraction of sp³-hybridized carbons (Fsp3) is 0.278. The first-order chi connectivity index (χ1) is 13.1. The van der Waals surface area contributed by atoms with E-state index in [0.29, 0.717) is 54.1 Å². The lowest BCUT2D eigenvalue weighted by molar-refractivity contribution is 0.296. The summed E-state index contributed by atoms with van der Waals surface area (Å²) >= 11 is 11.7. The summed E-state index contributed by atoms with van der Waals surface area (Å²) in [6, 6.07) is 10.0. The van der Waals surface area contributed by atoms with Crippen LogP contribution in [0, 0.1) is 17.1 Å². The average molecular weight is 407 g/mol. The maximum atomic E-state index is 13.5. The number of alkyl halides is 2. The highest BCUT2D eigenvalue weighted by atomic mass is 35.5. The molecular formula is C18H17Cl2FN6. The van der Waals surface area contributed by atoms with Gasteiger partial charge in [0.25, 0.3) is 0 Å². The van der Waals surface area contributed by atoms with Gasteiger partial charge in [-0.2, -0.15) is 14.9 Å². The first-order valence-electron chi connectivity index (χ1n) is 8.29. The number of hydrogen-bond donors (Lipinski definition) is 1. The molecule has 0 aliphatic heterocycles. The summed E-state index contributed by atoms with van der Waals surface area (Å²) in [6.07, 6.45) is 1.46. The van der Waals surface area contributed by atoms with E-state index in [0.717, 1.165) is 5.69 Å². The zero-order valence-electron chi connectivity index (χ0n) is 14.4. The van der Waals surface area contributed by atoms with E-state index in [1.54, 1.807) is 12.1 Å². The third-order valence-corrected chi connectivity index (χ3v) is 4.27. The molecule has 9 heteroatoms. The monoisotopic (exact) mass is 406 g/mol. The summed E-state index contributed by atoms with van der Waals surface area (Å²) in [5, 5.41) is 16.7. The van der Waals surface area contributed by atoms with Crippen LogP contribution in [-0.4, -0.2) is 44.3 Å². The van der Waals surface area contributed by atoms with Crippen molar-refractivity contribution in [2.24, 2.45) is 0 Å². The summed E-state index contributed by atoms with van der Waals surface area (Å²) in [4.78, 5) is 6.64. The molecule has 0 fully saturated rings. The molecule has 1 N–H and O–H groups in total. The van der Waals surface area contributed by atoms with E-state index in [2.05, 4.69) is 26.4 Å². The van der Waals surface area contributed by atoms with Crippen molar-refractivity contribution >= 4 is 40.4 Å². The lowest BCUT2D eigenvalue weighted by Gasteiger charge is -2.20. The molecule has 0 aliphatic carbocycles. The van der Waals surface area contributed by atoms with Crippen molar-refractivity contribution in [3.05, 3.63) is 53.6 Å². The highest BCUT2D eigenvalue weighted by molar-refractivity contribution is 6.18. The Balaban J connectivity index is 2.00. The Morgan fingerprint density at radius 3 is 2.67 bits per heavy atom. The van der Waals surface area contributed by atoms with Gasteiger partial charge in [-0.25, -0.2) is 9.37 Å². The second-order valence-electron chi connectivity index (χ2n) is 5.83. The van der Waals surface area contributed by atoms with E-state index in [-0.39, 0.29) is 5.82 Å². The molecule has 2 aromatic heterocycles. The molecular weight excluding hydrogens is 390 g/mol. The minimum absolute atomic E-state index is 0.348. The third-order valence-electron chi connectivity index (χ3n) is 3.93. The SMILES string of the molecule is N#Cc1cnn2c(Nc3cccc(F)c3)cc(CN(CCCl)CCCl)nc12. The molecule has 0 unspecified atom stereocenters. The Morgan fingerprint density at radius 1 is 1.22 bits per heavy atom. The maximum absolute atomic E-state index is 13.5. The predicted molar refractivity (Wildman–Crippen MR) is 104 cm³/mol. The molecule has 1 aromatic carbocycles. The Labute approximate surface area is 166 Å². The zero-order valence-corrected chi connectivity index (χ0v) is 15.9. The molecule has 3 rings (SSSR count). The Kier molecular flexibility index (Phi) is 6.45. The maximum Gasteiger partial charge on any atom is 0.175 e.